The van der Waals surface area contributed by atoms with Crippen LogP contribution in [-0.4, -0.2) is 20.9 Å². The molecule has 3 aromatic carbocycles. The van der Waals surface area contributed by atoms with Crippen molar-refractivity contribution in [3.8, 4) is 5.69 Å². The fourth-order valence-corrected chi connectivity index (χ4v) is 4.24. The van der Waals surface area contributed by atoms with Gasteiger partial charge in [0.2, 0.25) is 0 Å². The van der Waals surface area contributed by atoms with E-state index < -0.39 is 0 Å². The lowest BCUT2D eigenvalue weighted by Crippen LogP contribution is -2.14. The third-order valence-electron chi connectivity index (χ3n) is 4.94. The molecule has 0 bridgehead atoms. The molecule has 7 heteroatoms. The van der Waals surface area contributed by atoms with E-state index in [1.54, 1.807) is 4.80 Å². The number of anilines is 1. The van der Waals surface area contributed by atoms with E-state index >= 15 is 0 Å². The zero-order chi connectivity index (χ0) is 21.4. The number of hydrogen-bond acceptors (Lipinski definition) is 3. The van der Waals surface area contributed by atoms with Crippen LogP contribution in [0.5, 0.6) is 0 Å². The second-order valence-electron chi connectivity index (χ2n) is 7.47. The Balaban J connectivity index is 1.65. The Kier molecular flexibility index (Phi) is 6.10. The van der Waals surface area contributed by atoms with Crippen LogP contribution in [-0.2, 0) is 0 Å². The zero-order valence-electron chi connectivity index (χ0n) is 16.8. The lowest BCUT2D eigenvalue weighted by molar-refractivity contribution is 0.102. The minimum atomic E-state index is -0.128. The molecule has 0 aliphatic rings. The third kappa shape index (κ3) is 4.36. The Morgan fingerprint density at radius 2 is 1.63 bits per heavy atom. The second kappa shape index (κ2) is 8.62. The van der Waals surface area contributed by atoms with E-state index in [-0.39, 0.29) is 5.91 Å². The first kappa shape index (κ1) is 21.2. The van der Waals surface area contributed by atoms with E-state index in [4.69, 9.17) is 0 Å². The molecule has 0 fully saturated rings. The van der Waals surface area contributed by atoms with Crippen molar-refractivity contribution >= 4 is 67.8 Å². The highest BCUT2D eigenvalue weighted by Crippen LogP contribution is 2.24. The molecule has 0 spiro atoms. The quantitative estimate of drug-likeness (QED) is 0.272. The summed E-state index contributed by atoms with van der Waals surface area (Å²) in [5.74, 6) is 0.352. The van der Waals surface area contributed by atoms with Crippen molar-refractivity contribution in [2.45, 2.75) is 26.7 Å². The molecule has 1 amide bonds. The molecule has 0 saturated heterocycles. The molecule has 1 N–H and O–H groups in total. The first-order chi connectivity index (χ1) is 14.3. The monoisotopic (exact) mass is 622 g/mol. The first-order valence-corrected chi connectivity index (χ1v) is 11.7. The summed E-state index contributed by atoms with van der Waals surface area (Å²) >= 11 is 4.40. The van der Waals surface area contributed by atoms with Gasteiger partial charge in [-0.2, -0.15) is 4.80 Å². The van der Waals surface area contributed by atoms with Gasteiger partial charge in [-0.25, -0.2) is 0 Å². The number of rotatable bonds is 4. The molecular formula is C23H20I2N4O. The van der Waals surface area contributed by atoms with E-state index in [2.05, 4.69) is 86.7 Å². The maximum atomic E-state index is 12.8. The van der Waals surface area contributed by atoms with E-state index in [0.717, 1.165) is 35.1 Å². The highest BCUT2D eigenvalue weighted by molar-refractivity contribution is 14.1. The Morgan fingerprint density at radius 1 is 0.967 bits per heavy atom. The standard InChI is InChI=1S/C23H20I2N4O/c1-13(2)15-4-7-17(8-5-15)29-27-21-10-14(3)20(12-22(21)28-29)26-23(30)18-11-16(24)6-9-19(18)25/h4-13H,1-3H3,(H,26,30). The van der Waals surface area contributed by atoms with Crippen LogP contribution in [0.4, 0.5) is 5.69 Å². The second-order valence-corrected chi connectivity index (χ2v) is 9.88. The SMILES string of the molecule is Cc1cc2nn(-c3ccc(C(C)C)cc3)nc2cc1NC(=O)c1cc(I)ccc1I. The molecule has 0 saturated carbocycles. The first-order valence-electron chi connectivity index (χ1n) is 9.56. The van der Waals surface area contributed by atoms with Crippen LogP contribution in [0, 0.1) is 14.1 Å². The number of hydrogen-bond donors (Lipinski definition) is 1. The largest absolute Gasteiger partial charge is 0.322 e. The summed E-state index contributed by atoms with van der Waals surface area (Å²) in [7, 11) is 0. The van der Waals surface area contributed by atoms with Crippen molar-refractivity contribution in [3.63, 3.8) is 0 Å². The number of nitrogens with one attached hydrogen (secondary N) is 1. The van der Waals surface area contributed by atoms with Crippen molar-refractivity contribution in [2.24, 2.45) is 0 Å². The normalized spacial score (nSPS) is 11.3. The fraction of sp³-hybridized carbons (Fsp3) is 0.174. The van der Waals surface area contributed by atoms with Crippen molar-refractivity contribution in [1.29, 1.82) is 0 Å². The van der Waals surface area contributed by atoms with Crippen molar-refractivity contribution < 1.29 is 4.79 Å². The van der Waals surface area contributed by atoms with Gasteiger partial charge in [0.1, 0.15) is 11.0 Å². The molecule has 0 radical (unpaired) electrons. The number of benzene rings is 3. The molecule has 1 heterocycles. The van der Waals surface area contributed by atoms with Gasteiger partial charge in [0.25, 0.3) is 5.91 Å². The van der Waals surface area contributed by atoms with Crippen LogP contribution in [0.3, 0.4) is 0 Å². The number of amides is 1. The van der Waals surface area contributed by atoms with Crippen LogP contribution in [0.15, 0.2) is 54.6 Å². The molecule has 0 aliphatic heterocycles. The van der Waals surface area contributed by atoms with Gasteiger partial charge in [-0.15, -0.1) is 10.2 Å². The minimum Gasteiger partial charge on any atom is -0.322 e. The van der Waals surface area contributed by atoms with Gasteiger partial charge >= 0.3 is 0 Å². The van der Waals surface area contributed by atoms with Gasteiger partial charge in [-0.3, -0.25) is 4.79 Å². The molecule has 0 aliphatic carbocycles. The zero-order valence-corrected chi connectivity index (χ0v) is 21.1. The maximum Gasteiger partial charge on any atom is 0.256 e. The number of aromatic nitrogens is 3. The van der Waals surface area contributed by atoms with Gasteiger partial charge in [-0.05, 0) is 112 Å². The van der Waals surface area contributed by atoms with Crippen LogP contribution < -0.4 is 5.32 Å². The summed E-state index contributed by atoms with van der Waals surface area (Å²) in [6, 6.07) is 17.9. The predicted molar refractivity (Wildman–Crippen MR) is 138 cm³/mol. The molecule has 4 aromatic rings. The average Bonchev–Trinajstić information content (AvgIpc) is 3.12. The van der Waals surface area contributed by atoms with E-state index in [9.17, 15) is 4.79 Å². The smallest absolute Gasteiger partial charge is 0.256 e. The van der Waals surface area contributed by atoms with Crippen molar-refractivity contribution in [2.75, 3.05) is 5.32 Å². The molecule has 30 heavy (non-hydrogen) atoms. The highest BCUT2D eigenvalue weighted by atomic mass is 127. The Bertz CT molecular complexity index is 1250. The summed E-state index contributed by atoms with van der Waals surface area (Å²) < 4.78 is 1.94. The van der Waals surface area contributed by atoms with Crippen LogP contribution in [0.25, 0.3) is 16.7 Å². The van der Waals surface area contributed by atoms with E-state index in [0.29, 0.717) is 11.5 Å². The van der Waals surface area contributed by atoms with Crippen LogP contribution in [0.2, 0.25) is 0 Å². The summed E-state index contributed by atoms with van der Waals surface area (Å²) in [5.41, 5.74) is 6.07. The van der Waals surface area contributed by atoms with Gasteiger partial charge in [0.05, 0.1) is 11.3 Å². The number of halogens is 2. The molecule has 5 nitrogen and oxygen atoms in total. The summed E-state index contributed by atoms with van der Waals surface area (Å²) in [6.45, 7) is 6.31. The lowest BCUT2D eigenvalue weighted by Gasteiger charge is -2.10. The third-order valence-corrected chi connectivity index (χ3v) is 6.55. The number of carbonyl (C=O) groups is 1. The highest BCUT2D eigenvalue weighted by Gasteiger charge is 2.14. The molecule has 0 atom stereocenters. The molecule has 4 rings (SSSR count). The van der Waals surface area contributed by atoms with Gasteiger partial charge < -0.3 is 5.32 Å². The van der Waals surface area contributed by atoms with E-state index in [1.165, 1.54) is 5.56 Å². The lowest BCUT2D eigenvalue weighted by atomic mass is 10.0. The number of carbonyl (C=O) groups excluding carboxylic acids is 1. The Morgan fingerprint density at radius 3 is 2.30 bits per heavy atom. The number of aryl methyl sites for hydroxylation is 1. The van der Waals surface area contributed by atoms with Crippen molar-refractivity contribution in [1.82, 2.24) is 15.0 Å². The molecule has 0 unspecified atom stereocenters. The summed E-state index contributed by atoms with van der Waals surface area (Å²) in [4.78, 5) is 14.5. The number of nitrogens with zero attached hydrogens (tertiary/aromatic N) is 3. The molecule has 1 aromatic heterocycles. The van der Waals surface area contributed by atoms with Gasteiger partial charge in [0, 0.05) is 12.8 Å². The van der Waals surface area contributed by atoms with Crippen molar-refractivity contribution in [3.05, 3.63) is 78.4 Å². The Labute approximate surface area is 202 Å². The van der Waals surface area contributed by atoms with Gasteiger partial charge in [0.15, 0.2) is 0 Å². The fourth-order valence-electron chi connectivity index (χ4n) is 3.17. The number of fused-ring (bicyclic) bond motifs is 1. The predicted octanol–water partition coefficient (Wildman–Crippen LogP) is 6.31. The topological polar surface area (TPSA) is 59.8 Å². The van der Waals surface area contributed by atoms with Gasteiger partial charge in [-0.1, -0.05) is 26.0 Å². The summed E-state index contributed by atoms with van der Waals surface area (Å²) in [6.07, 6.45) is 0. The van der Waals surface area contributed by atoms with Crippen LogP contribution >= 0.6 is 45.2 Å². The van der Waals surface area contributed by atoms with E-state index in [1.807, 2.05) is 49.4 Å². The minimum absolute atomic E-state index is 0.128. The summed E-state index contributed by atoms with van der Waals surface area (Å²) in [5, 5.41) is 12.3. The molecule has 152 valence electrons. The Hall–Kier alpha value is -2.01. The average molecular weight is 622 g/mol. The molecular weight excluding hydrogens is 602 g/mol. The van der Waals surface area contributed by atoms with Crippen LogP contribution in [0.1, 0.15) is 41.3 Å². The maximum absolute atomic E-state index is 12.8.